The maximum absolute atomic E-state index is 12.9. The summed E-state index contributed by atoms with van der Waals surface area (Å²) < 4.78 is 5.55. The smallest absolute Gasteiger partial charge is 0.290 e. The number of ketones is 1. The molecule has 1 amide bonds. The van der Waals surface area contributed by atoms with Crippen LogP contribution in [0.4, 0.5) is 0 Å². The van der Waals surface area contributed by atoms with E-state index in [0.717, 1.165) is 38.0 Å². The molecule has 1 saturated heterocycles. The van der Waals surface area contributed by atoms with Crippen molar-refractivity contribution in [2.75, 3.05) is 32.8 Å². The lowest BCUT2D eigenvalue weighted by molar-refractivity contribution is -0.129. The second-order valence-corrected chi connectivity index (χ2v) is 8.02. The number of ether oxygens (including phenoxy) is 1. The van der Waals surface area contributed by atoms with E-state index in [1.165, 1.54) is 12.8 Å². The zero-order valence-corrected chi connectivity index (χ0v) is 16.7. The van der Waals surface area contributed by atoms with Crippen molar-refractivity contribution in [1.29, 1.82) is 0 Å². The van der Waals surface area contributed by atoms with Crippen LogP contribution in [0.1, 0.15) is 37.3 Å². The Bertz CT molecular complexity index is 820. The summed E-state index contributed by atoms with van der Waals surface area (Å²) in [7, 11) is 0. The Morgan fingerprint density at radius 2 is 1.86 bits per heavy atom. The van der Waals surface area contributed by atoms with E-state index in [1.807, 2.05) is 24.3 Å². The lowest BCUT2D eigenvalue weighted by Gasteiger charge is -2.28. The first-order valence-electron chi connectivity index (χ1n) is 10.4. The number of aliphatic hydroxyl groups excluding tert-OH is 1. The first-order valence-corrected chi connectivity index (χ1v) is 10.4. The highest BCUT2D eigenvalue weighted by atomic mass is 16.5. The second-order valence-electron chi connectivity index (χ2n) is 8.02. The molecule has 1 aliphatic carbocycles. The van der Waals surface area contributed by atoms with Crippen LogP contribution < -0.4 is 4.74 Å². The Morgan fingerprint density at radius 3 is 2.48 bits per heavy atom. The fourth-order valence-electron chi connectivity index (χ4n) is 4.20. The first-order chi connectivity index (χ1) is 14.1. The number of carbonyl (C=O) groups is 2. The SMILES string of the molecule is C=CCOc1ccc(C2C(C(=O)C3CC3)=C(O)C(=O)N2CCN2CCCC2)cc1. The molecule has 154 valence electrons. The van der Waals surface area contributed by atoms with Crippen LogP contribution in [0, 0.1) is 5.92 Å². The number of nitrogens with zero attached hydrogens (tertiary/aromatic N) is 2. The maximum atomic E-state index is 12.9. The van der Waals surface area contributed by atoms with Gasteiger partial charge in [-0.05, 0) is 56.5 Å². The largest absolute Gasteiger partial charge is 0.503 e. The van der Waals surface area contributed by atoms with Crippen molar-refractivity contribution in [2.45, 2.75) is 31.7 Å². The van der Waals surface area contributed by atoms with Crippen LogP contribution in [0.5, 0.6) is 5.75 Å². The minimum Gasteiger partial charge on any atom is -0.503 e. The Morgan fingerprint density at radius 1 is 1.17 bits per heavy atom. The van der Waals surface area contributed by atoms with Crippen molar-refractivity contribution in [1.82, 2.24) is 9.80 Å². The molecule has 1 N–H and O–H groups in total. The zero-order valence-electron chi connectivity index (χ0n) is 16.7. The van der Waals surface area contributed by atoms with Gasteiger partial charge >= 0.3 is 0 Å². The maximum Gasteiger partial charge on any atom is 0.290 e. The van der Waals surface area contributed by atoms with E-state index < -0.39 is 11.9 Å². The van der Waals surface area contributed by atoms with Gasteiger partial charge in [0.25, 0.3) is 5.91 Å². The number of hydrogen-bond acceptors (Lipinski definition) is 5. The molecule has 6 heteroatoms. The van der Waals surface area contributed by atoms with E-state index in [0.29, 0.717) is 18.9 Å². The molecule has 1 unspecified atom stereocenters. The summed E-state index contributed by atoms with van der Waals surface area (Å²) in [5, 5.41) is 10.6. The quantitative estimate of drug-likeness (QED) is 0.650. The summed E-state index contributed by atoms with van der Waals surface area (Å²) in [4.78, 5) is 29.8. The van der Waals surface area contributed by atoms with Gasteiger partial charge in [-0.3, -0.25) is 9.59 Å². The number of rotatable bonds is 9. The number of amides is 1. The average Bonchev–Trinajstić information content (AvgIpc) is 3.40. The summed E-state index contributed by atoms with van der Waals surface area (Å²) in [5.74, 6) is -0.261. The number of carbonyl (C=O) groups excluding carboxylic acids is 2. The standard InChI is InChI=1S/C23H28N2O4/c1-2-15-29-18-9-7-16(8-10-18)20-19(21(26)17-5-6-17)22(27)23(28)25(20)14-13-24-11-3-4-12-24/h2,7-10,17,20,27H,1,3-6,11-15H2. The van der Waals surface area contributed by atoms with E-state index in [1.54, 1.807) is 11.0 Å². The molecule has 1 atom stereocenters. The molecule has 6 nitrogen and oxygen atoms in total. The molecule has 0 bridgehead atoms. The van der Waals surface area contributed by atoms with Gasteiger partial charge in [0.2, 0.25) is 0 Å². The van der Waals surface area contributed by atoms with Gasteiger partial charge in [0, 0.05) is 19.0 Å². The van der Waals surface area contributed by atoms with E-state index in [2.05, 4.69) is 11.5 Å². The number of aliphatic hydroxyl groups is 1. The Hall–Kier alpha value is -2.60. The highest BCUT2D eigenvalue weighted by Crippen LogP contribution is 2.43. The van der Waals surface area contributed by atoms with Crippen molar-refractivity contribution in [2.24, 2.45) is 5.92 Å². The molecular formula is C23H28N2O4. The second kappa shape index (κ2) is 8.41. The molecule has 1 aromatic rings. The third-order valence-electron chi connectivity index (χ3n) is 5.94. The van der Waals surface area contributed by atoms with Crippen molar-refractivity contribution in [3.05, 3.63) is 53.8 Å². The van der Waals surface area contributed by atoms with Crippen molar-refractivity contribution in [3.63, 3.8) is 0 Å². The highest BCUT2D eigenvalue weighted by molar-refractivity contribution is 6.10. The lowest BCUT2D eigenvalue weighted by atomic mass is 9.94. The molecule has 0 radical (unpaired) electrons. The molecule has 4 rings (SSSR count). The molecule has 2 fully saturated rings. The first kappa shape index (κ1) is 19.7. The summed E-state index contributed by atoms with van der Waals surface area (Å²) >= 11 is 0. The van der Waals surface area contributed by atoms with Crippen LogP contribution in [0.25, 0.3) is 0 Å². The normalized spacial score (nSPS) is 22.4. The molecule has 0 spiro atoms. The number of Topliss-reactive ketones (excluding diaryl/α,β-unsaturated/α-hetero) is 1. The van der Waals surface area contributed by atoms with Crippen LogP contribution in [0.15, 0.2) is 48.3 Å². The predicted octanol–water partition coefficient (Wildman–Crippen LogP) is 3.02. The van der Waals surface area contributed by atoms with Gasteiger partial charge in [0.05, 0.1) is 11.6 Å². The average molecular weight is 396 g/mol. The van der Waals surface area contributed by atoms with E-state index in [-0.39, 0.29) is 23.0 Å². The van der Waals surface area contributed by atoms with Gasteiger partial charge in [-0.15, -0.1) is 0 Å². The molecule has 2 aliphatic heterocycles. The predicted molar refractivity (Wildman–Crippen MR) is 110 cm³/mol. The number of benzene rings is 1. The fourth-order valence-corrected chi connectivity index (χ4v) is 4.20. The van der Waals surface area contributed by atoms with Crippen LogP contribution in [-0.4, -0.2) is 59.4 Å². The Labute approximate surface area is 171 Å². The monoisotopic (exact) mass is 396 g/mol. The molecule has 29 heavy (non-hydrogen) atoms. The minimum absolute atomic E-state index is 0.0591. The van der Waals surface area contributed by atoms with E-state index in [4.69, 9.17) is 4.74 Å². The fraction of sp³-hybridized carbons (Fsp3) is 0.478. The van der Waals surface area contributed by atoms with Crippen LogP contribution in [0.2, 0.25) is 0 Å². The molecular weight excluding hydrogens is 368 g/mol. The van der Waals surface area contributed by atoms with E-state index >= 15 is 0 Å². The molecule has 1 aromatic carbocycles. The third kappa shape index (κ3) is 4.08. The summed E-state index contributed by atoms with van der Waals surface area (Å²) in [5.41, 5.74) is 1.08. The summed E-state index contributed by atoms with van der Waals surface area (Å²) in [6, 6.07) is 6.87. The van der Waals surface area contributed by atoms with Gasteiger partial charge in [0.15, 0.2) is 11.5 Å². The number of likely N-dealkylation sites (tertiary alicyclic amines) is 1. The van der Waals surface area contributed by atoms with Gasteiger partial charge in [-0.2, -0.15) is 0 Å². The lowest BCUT2D eigenvalue weighted by Crippen LogP contribution is -2.38. The third-order valence-corrected chi connectivity index (χ3v) is 5.94. The topological polar surface area (TPSA) is 70.1 Å². The molecule has 1 saturated carbocycles. The summed E-state index contributed by atoms with van der Waals surface area (Å²) in [6.45, 7) is 7.37. The van der Waals surface area contributed by atoms with Crippen molar-refractivity contribution in [3.8, 4) is 5.75 Å². The van der Waals surface area contributed by atoms with Gasteiger partial charge < -0.3 is 19.6 Å². The minimum atomic E-state index is -0.536. The van der Waals surface area contributed by atoms with Gasteiger partial charge in [0.1, 0.15) is 12.4 Å². The van der Waals surface area contributed by atoms with Gasteiger partial charge in [-0.25, -0.2) is 0 Å². The van der Waals surface area contributed by atoms with Crippen molar-refractivity contribution < 1.29 is 19.4 Å². The Balaban J connectivity index is 1.60. The number of hydrogen-bond donors (Lipinski definition) is 1. The molecule has 0 aromatic heterocycles. The van der Waals surface area contributed by atoms with Crippen LogP contribution in [-0.2, 0) is 9.59 Å². The molecule has 2 heterocycles. The molecule has 3 aliphatic rings. The van der Waals surface area contributed by atoms with Gasteiger partial charge in [-0.1, -0.05) is 24.8 Å². The zero-order chi connectivity index (χ0) is 20.4. The van der Waals surface area contributed by atoms with E-state index in [9.17, 15) is 14.7 Å². The Kier molecular flexibility index (Phi) is 5.72. The summed E-state index contributed by atoms with van der Waals surface area (Å²) in [6.07, 6.45) is 5.70. The van der Waals surface area contributed by atoms with Crippen LogP contribution >= 0.6 is 0 Å². The van der Waals surface area contributed by atoms with Crippen molar-refractivity contribution >= 4 is 11.7 Å². The van der Waals surface area contributed by atoms with Crippen LogP contribution in [0.3, 0.4) is 0 Å². The highest BCUT2D eigenvalue weighted by Gasteiger charge is 2.46.